The molecule has 1 aliphatic heterocycles. The number of nitrogens with zero attached hydrogens (tertiary/aromatic N) is 4. The van der Waals surface area contributed by atoms with Gasteiger partial charge in [0.2, 0.25) is 5.91 Å². The van der Waals surface area contributed by atoms with Crippen LogP contribution in [0.1, 0.15) is 39.7 Å². The van der Waals surface area contributed by atoms with Crippen molar-refractivity contribution in [3.63, 3.8) is 0 Å². The predicted octanol–water partition coefficient (Wildman–Crippen LogP) is 4.59. The van der Waals surface area contributed by atoms with Gasteiger partial charge in [-0.3, -0.25) is 14.2 Å². The Bertz CT molecular complexity index is 1220. The number of fused-ring (bicyclic) bond motifs is 2. The van der Waals surface area contributed by atoms with E-state index < -0.39 is 0 Å². The molecule has 2 unspecified atom stereocenters. The highest BCUT2D eigenvalue weighted by Crippen LogP contribution is 2.34. The molecule has 1 aliphatic rings. The highest BCUT2D eigenvalue weighted by Gasteiger charge is 2.34. The molecule has 0 saturated heterocycles. The van der Waals surface area contributed by atoms with Gasteiger partial charge in [-0.05, 0) is 70.1 Å². The maximum absolute atomic E-state index is 13.5. The maximum atomic E-state index is 13.5. The summed E-state index contributed by atoms with van der Waals surface area (Å²) in [6.45, 7) is 11.8. The zero-order valence-corrected chi connectivity index (χ0v) is 21.3. The van der Waals surface area contributed by atoms with Crippen molar-refractivity contribution in [3.05, 3.63) is 64.4 Å². The first-order valence-electron chi connectivity index (χ1n) is 12.2. The SMILES string of the molecule is CCN(CC)CCCn1c(SC(C)C(=O)N2c3ccccc3CC2C)nc2ccccc2c1=O. The first kappa shape index (κ1) is 24.5. The fraction of sp³-hybridized carbons (Fsp3) is 0.444. The predicted molar refractivity (Wildman–Crippen MR) is 141 cm³/mol. The Kier molecular flexibility index (Phi) is 7.73. The van der Waals surface area contributed by atoms with Gasteiger partial charge in [0.15, 0.2) is 5.16 Å². The van der Waals surface area contributed by atoms with Crippen LogP contribution >= 0.6 is 11.8 Å². The molecule has 0 saturated carbocycles. The molecule has 0 N–H and O–H groups in total. The fourth-order valence-corrected chi connectivity index (χ4v) is 5.72. The van der Waals surface area contributed by atoms with E-state index >= 15 is 0 Å². The van der Waals surface area contributed by atoms with Crippen molar-refractivity contribution in [2.24, 2.45) is 0 Å². The van der Waals surface area contributed by atoms with E-state index in [0.29, 0.717) is 22.6 Å². The van der Waals surface area contributed by atoms with Gasteiger partial charge in [0.05, 0.1) is 16.2 Å². The second kappa shape index (κ2) is 10.7. The number of aromatic nitrogens is 2. The molecule has 7 heteroatoms. The molecule has 6 nitrogen and oxygen atoms in total. The van der Waals surface area contributed by atoms with Gasteiger partial charge in [0.25, 0.3) is 5.56 Å². The van der Waals surface area contributed by atoms with Crippen LogP contribution in [0.4, 0.5) is 5.69 Å². The normalized spacial score (nSPS) is 16.3. The standard InChI is InChI=1S/C27H34N4O2S/c1-5-29(6-2)16-11-17-30-26(33)22-13-8-9-14-23(22)28-27(30)34-20(4)25(32)31-19(3)18-21-12-7-10-15-24(21)31/h7-10,12-15,19-20H,5-6,11,16-18H2,1-4H3. The summed E-state index contributed by atoms with van der Waals surface area (Å²) in [6, 6.07) is 15.7. The third-order valence-electron chi connectivity index (χ3n) is 6.65. The Hall–Kier alpha value is -2.64. The van der Waals surface area contributed by atoms with E-state index in [4.69, 9.17) is 4.98 Å². The van der Waals surface area contributed by atoms with E-state index in [0.717, 1.165) is 38.2 Å². The number of rotatable bonds is 9. The first-order valence-corrected chi connectivity index (χ1v) is 13.1. The Balaban J connectivity index is 1.61. The minimum atomic E-state index is -0.365. The van der Waals surface area contributed by atoms with Crippen LogP contribution in [0, 0.1) is 0 Å². The van der Waals surface area contributed by atoms with E-state index in [9.17, 15) is 9.59 Å². The monoisotopic (exact) mass is 478 g/mol. The largest absolute Gasteiger partial charge is 0.308 e. The number of amides is 1. The molecule has 3 aromatic rings. The molecule has 34 heavy (non-hydrogen) atoms. The molecule has 180 valence electrons. The molecular formula is C27H34N4O2S. The summed E-state index contributed by atoms with van der Waals surface area (Å²) in [5.74, 6) is 0.0551. The van der Waals surface area contributed by atoms with E-state index in [1.54, 1.807) is 4.57 Å². The highest BCUT2D eigenvalue weighted by atomic mass is 32.2. The van der Waals surface area contributed by atoms with Crippen molar-refractivity contribution in [2.45, 2.75) is 63.5 Å². The smallest absolute Gasteiger partial charge is 0.262 e. The van der Waals surface area contributed by atoms with Crippen molar-refractivity contribution in [1.82, 2.24) is 14.5 Å². The molecule has 1 amide bonds. The average molecular weight is 479 g/mol. The number of carbonyl (C=O) groups excluding carboxylic acids is 1. The summed E-state index contributed by atoms with van der Waals surface area (Å²) in [5.41, 5.74) is 2.84. The Morgan fingerprint density at radius 3 is 2.62 bits per heavy atom. The number of thioether (sulfide) groups is 1. The van der Waals surface area contributed by atoms with Crippen LogP contribution in [-0.2, 0) is 17.8 Å². The third-order valence-corrected chi connectivity index (χ3v) is 7.73. The quantitative estimate of drug-likeness (QED) is 0.333. The lowest BCUT2D eigenvalue weighted by atomic mass is 10.1. The molecule has 4 rings (SSSR count). The first-order chi connectivity index (χ1) is 16.4. The molecule has 0 spiro atoms. The molecule has 2 aromatic carbocycles. The summed E-state index contributed by atoms with van der Waals surface area (Å²) in [6.07, 6.45) is 1.72. The van der Waals surface area contributed by atoms with Gasteiger partial charge in [0.1, 0.15) is 0 Å². The van der Waals surface area contributed by atoms with Crippen molar-refractivity contribution in [1.29, 1.82) is 0 Å². The minimum Gasteiger partial charge on any atom is -0.308 e. The summed E-state index contributed by atoms with van der Waals surface area (Å²) in [7, 11) is 0. The summed E-state index contributed by atoms with van der Waals surface area (Å²) in [4.78, 5) is 36.0. The molecule has 0 aliphatic carbocycles. The van der Waals surface area contributed by atoms with Crippen molar-refractivity contribution < 1.29 is 4.79 Å². The van der Waals surface area contributed by atoms with Crippen LogP contribution in [0.2, 0.25) is 0 Å². The molecule has 0 fully saturated rings. The summed E-state index contributed by atoms with van der Waals surface area (Å²) in [5, 5.41) is 0.871. The molecule has 2 atom stereocenters. The Labute approximate surface area is 206 Å². The van der Waals surface area contributed by atoms with Gasteiger partial charge in [-0.15, -0.1) is 0 Å². The maximum Gasteiger partial charge on any atom is 0.262 e. The molecule has 2 heterocycles. The van der Waals surface area contributed by atoms with E-state index in [1.807, 2.05) is 54.3 Å². The van der Waals surface area contributed by atoms with Crippen LogP contribution in [0.15, 0.2) is 58.5 Å². The molecule has 0 radical (unpaired) electrons. The lowest BCUT2D eigenvalue weighted by Crippen LogP contribution is -2.40. The number of benzene rings is 2. The fourth-order valence-electron chi connectivity index (χ4n) is 4.73. The van der Waals surface area contributed by atoms with Gasteiger partial charge in [-0.25, -0.2) is 4.98 Å². The van der Waals surface area contributed by atoms with Gasteiger partial charge >= 0.3 is 0 Å². The molecule has 1 aromatic heterocycles. The lowest BCUT2D eigenvalue weighted by molar-refractivity contribution is -0.118. The second-order valence-corrected chi connectivity index (χ2v) is 10.2. The Morgan fingerprint density at radius 2 is 1.85 bits per heavy atom. The van der Waals surface area contributed by atoms with Gasteiger partial charge in [0, 0.05) is 18.3 Å². The average Bonchev–Trinajstić information content (AvgIpc) is 3.18. The van der Waals surface area contributed by atoms with Crippen LogP contribution < -0.4 is 10.5 Å². The number of para-hydroxylation sites is 2. The number of anilines is 1. The third kappa shape index (κ3) is 4.91. The van der Waals surface area contributed by atoms with Gasteiger partial charge in [-0.2, -0.15) is 0 Å². The number of hydrogen-bond acceptors (Lipinski definition) is 5. The van der Waals surface area contributed by atoms with E-state index in [1.165, 1.54) is 17.3 Å². The molecule has 0 bridgehead atoms. The van der Waals surface area contributed by atoms with Crippen LogP contribution in [0.5, 0.6) is 0 Å². The number of hydrogen-bond donors (Lipinski definition) is 0. The van der Waals surface area contributed by atoms with Crippen LogP contribution in [0.3, 0.4) is 0 Å². The zero-order valence-electron chi connectivity index (χ0n) is 20.5. The minimum absolute atomic E-state index is 0.0350. The molecular weight excluding hydrogens is 444 g/mol. The van der Waals surface area contributed by atoms with E-state index in [2.05, 4.69) is 31.7 Å². The summed E-state index contributed by atoms with van der Waals surface area (Å²) < 4.78 is 1.77. The topological polar surface area (TPSA) is 58.4 Å². The van der Waals surface area contributed by atoms with Gasteiger partial charge in [-0.1, -0.05) is 55.9 Å². The van der Waals surface area contributed by atoms with Gasteiger partial charge < -0.3 is 9.80 Å². The summed E-state index contributed by atoms with van der Waals surface area (Å²) >= 11 is 1.39. The van der Waals surface area contributed by atoms with Crippen molar-refractivity contribution in [3.8, 4) is 0 Å². The lowest BCUT2D eigenvalue weighted by Gasteiger charge is -2.26. The van der Waals surface area contributed by atoms with Crippen LogP contribution in [-0.4, -0.2) is 51.3 Å². The Morgan fingerprint density at radius 1 is 1.15 bits per heavy atom. The zero-order chi connectivity index (χ0) is 24.2. The second-order valence-electron chi connectivity index (χ2n) is 8.90. The van der Waals surface area contributed by atoms with E-state index in [-0.39, 0.29) is 22.8 Å². The highest BCUT2D eigenvalue weighted by molar-refractivity contribution is 8.00. The number of carbonyl (C=O) groups is 1. The van der Waals surface area contributed by atoms with Crippen LogP contribution in [0.25, 0.3) is 10.9 Å². The van der Waals surface area contributed by atoms with Crippen molar-refractivity contribution >= 4 is 34.3 Å². The van der Waals surface area contributed by atoms with Crippen molar-refractivity contribution in [2.75, 3.05) is 24.5 Å².